The van der Waals surface area contributed by atoms with Crippen molar-refractivity contribution in [1.82, 2.24) is 10.3 Å². The number of aryl methyl sites for hydroxylation is 1. The van der Waals surface area contributed by atoms with E-state index < -0.39 is 11.7 Å². The lowest BCUT2D eigenvalue weighted by molar-refractivity contribution is -0.672. The zero-order valence-electron chi connectivity index (χ0n) is 15.2. The highest BCUT2D eigenvalue weighted by atomic mass is 32.1. The van der Waals surface area contributed by atoms with E-state index >= 15 is 0 Å². The lowest BCUT2D eigenvalue weighted by Gasteiger charge is -1.99. The van der Waals surface area contributed by atoms with E-state index in [0.29, 0.717) is 21.6 Å². The zero-order valence-corrected chi connectivity index (χ0v) is 16.0. The molecule has 142 valence electrons. The Morgan fingerprint density at radius 3 is 2.79 bits per heavy atom. The van der Waals surface area contributed by atoms with Crippen LogP contribution in [0.25, 0.3) is 15.9 Å². The van der Waals surface area contributed by atoms with Crippen molar-refractivity contribution in [3.8, 4) is 11.6 Å². The second kappa shape index (κ2) is 7.40. The van der Waals surface area contributed by atoms with Crippen LogP contribution < -0.4 is 15.5 Å². The zero-order chi connectivity index (χ0) is 19.7. The first kappa shape index (κ1) is 18.1. The molecule has 3 aromatic heterocycles. The van der Waals surface area contributed by atoms with Gasteiger partial charge in [0, 0.05) is 23.2 Å². The van der Waals surface area contributed by atoms with Crippen molar-refractivity contribution in [2.45, 2.75) is 26.2 Å². The fourth-order valence-corrected chi connectivity index (χ4v) is 4.05. The molecule has 28 heavy (non-hydrogen) atoms. The Balaban J connectivity index is 1.78. The molecule has 0 aliphatic carbocycles. The van der Waals surface area contributed by atoms with Crippen LogP contribution in [0.5, 0.6) is 5.95 Å². The standard InChI is InChI=1S/C20H18N4O3S/c1-2-3-7-12-10-11-14-15(21)18(28-19(14)22-12)17(25)16-20(26)27-23-24(16)13-8-5-4-6-9-13/h4-6,8-11H,2-3,7H2,1H3,(H2-,21,23,25,26). The Kier molecular flexibility index (Phi) is 4.79. The number of anilines is 1. The van der Waals surface area contributed by atoms with Gasteiger partial charge in [-0.2, -0.15) is 0 Å². The minimum absolute atomic E-state index is 0.185. The molecular weight excluding hydrogens is 376 g/mol. The third-order valence-electron chi connectivity index (χ3n) is 4.47. The highest BCUT2D eigenvalue weighted by molar-refractivity contribution is 7.21. The molecule has 0 aliphatic heterocycles. The summed E-state index contributed by atoms with van der Waals surface area (Å²) in [6.45, 7) is 2.12. The summed E-state index contributed by atoms with van der Waals surface area (Å²) in [6.07, 6.45) is 3.00. The number of aromatic nitrogens is 3. The van der Waals surface area contributed by atoms with Crippen LogP contribution in [-0.4, -0.2) is 16.0 Å². The molecule has 3 heterocycles. The van der Waals surface area contributed by atoms with Crippen molar-refractivity contribution >= 4 is 33.0 Å². The summed E-state index contributed by atoms with van der Waals surface area (Å²) in [5, 5.41) is 16.6. The van der Waals surface area contributed by atoms with Crippen LogP contribution in [0.1, 0.15) is 40.8 Å². The van der Waals surface area contributed by atoms with Gasteiger partial charge in [0.2, 0.25) is 5.69 Å². The van der Waals surface area contributed by atoms with Crippen molar-refractivity contribution in [2.75, 3.05) is 5.73 Å². The quantitative estimate of drug-likeness (QED) is 0.398. The third-order valence-corrected chi connectivity index (χ3v) is 5.58. The number of hydrogen-bond acceptors (Lipinski definition) is 7. The number of nitrogen functional groups attached to an aromatic ring is 1. The van der Waals surface area contributed by atoms with E-state index in [1.54, 1.807) is 24.3 Å². The predicted molar refractivity (Wildman–Crippen MR) is 104 cm³/mol. The van der Waals surface area contributed by atoms with Crippen molar-refractivity contribution in [1.29, 1.82) is 0 Å². The molecule has 0 unspecified atom stereocenters. The summed E-state index contributed by atoms with van der Waals surface area (Å²) < 4.78 is 5.96. The van der Waals surface area contributed by atoms with Gasteiger partial charge < -0.3 is 15.4 Å². The molecule has 8 heteroatoms. The number of rotatable bonds is 6. The maximum Gasteiger partial charge on any atom is 0.312 e. The van der Waals surface area contributed by atoms with Crippen molar-refractivity contribution in [2.24, 2.45) is 0 Å². The van der Waals surface area contributed by atoms with E-state index in [1.165, 1.54) is 16.0 Å². The number of nitrogens with zero attached hydrogens (tertiary/aromatic N) is 3. The summed E-state index contributed by atoms with van der Waals surface area (Å²) in [4.78, 5) is 18.7. The largest absolute Gasteiger partial charge is 0.539 e. The number of fused-ring (bicyclic) bond motifs is 1. The number of hydrogen-bond donors (Lipinski definition) is 1. The molecule has 0 saturated carbocycles. The Morgan fingerprint density at radius 1 is 1.25 bits per heavy atom. The Bertz CT molecular complexity index is 1150. The normalized spacial score (nSPS) is 11.2. The molecule has 7 nitrogen and oxygen atoms in total. The van der Waals surface area contributed by atoms with Gasteiger partial charge in [-0.05, 0) is 29.7 Å². The van der Waals surface area contributed by atoms with Crippen LogP contribution in [0.15, 0.2) is 47.0 Å². The fraction of sp³-hybridized carbons (Fsp3) is 0.200. The van der Waals surface area contributed by atoms with Gasteiger partial charge in [-0.15, -0.1) is 11.3 Å². The number of pyridine rings is 1. The molecule has 0 spiro atoms. The number of carbonyl (C=O) groups is 1. The van der Waals surface area contributed by atoms with Crippen LogP contribution in [-0.2, 0) is 6.42 Å². The first-order valence-electron chi connectivity index (χ1n) is 8.97. The molecular formula is C20H18N4O3S. The predicted octanol–water partition coefficient (Wildman–Crippen LogP) is 2.79. The second-order valence-electron chi connectivity index (χ2n) is 6.39. The number of thiophene rings is 1. The topological polar surface area (TPSA) is 109 Å². The number of unbranched alkanes of at least 4 members (excludes halogenated alkanes) is 1. The van der Waals surface area contributed by atoms with Crippen LogP contribution >= 0.6 is 11.3 Å². The van der Waals surface area contributed by atoms with E-state index in [9.17, 15) is 9.90 Å². The van der Waals surface area contributed by atoms with Crippen LogP contribution in [0.3, 0.4) is 0 Å². The lowest BCUT2D eigenvalue weighted by Crippen LogP contribution is -2.39. The van der Waals surface area contributed by atoms with E-state index in [4.69, 9.17) is 10.3 Å². The molecule has 0 radical (unpaired) electrons. The highest BCUT2D eigenvalue weighted by Gasteiger charge is 2.31. The molecule has 4 rings (SSSR count). The van der Waals surface area contributed by atoms with Gasteiger partial charge in [0.1, 0.15) is 9.71 Å². The Labute approximate surface area is 165 Å². The highest BCUT2D eigenvalue weighted by Crippen LogP contribution is 2.34. The minimum Gasteiger partial charge on any atom is -0.539 e. The van der Waals surface area contributed by atoms with Gasteiger partial charge in [0.05, 0.1) is 11.0 Å². The van der Waals surface area contributed by atoms with E-state index in [-0.39, 0.29) is 10.6 Å². The van der Waals surface area contributed by atoms with E-state index in [2.05, 4.69) is 17.2 Å². The van der Waals surface area contributed by atoms with Gasteiger partial charge in [-0.1, -0.05) is 31.5 Å². The maximum absolute atomic E-state index is 13.2. The molecule has 4 aromatic rings. The Morgan fingerprint density at radius 2 is 2.04 bits per heavy atom. The average molecular weight is 394 g/mol. The molecule has 0 saturated heterocycles. The first-order valence-corrected chi connectivity index (χ1v) is 9.78. The second-order valence-corrected chi connectivity index (χ2v) is 7.39. The number of carbonyl (C=O) groups excluding carboxylic acids is 1. The monoisotopic (exact) mass is 394 g/mol. The number of para-hydroxylation sites is 1. The van der Waals surface area contributed by atoms with E-state index in [0.717, 1.165) is 25.0 Å². The van der Waals surface area contributed by atoms with Gasteiger partial charge >= 0.3 is 5.69 Å². The van der Waals surface area contributed by atoms with Gasteiger partial charge in [0.25, 0.3) is 5.78 Å². The van der Waals surface area contributed by atoms with Gasteiger partial charge in [-0.3, -0.25) is 4.79 Å². The average Bonchev–Trinajstić information content (AvgIpc) is 3.26. The smallest absolute Gasteiger partial charge is 0.312 e. The molecule has 2 N–H and O–H groups in total. The summed E-state index contributed by atoms with van der Waals surface area (Å²) in [7, 11) is 0. The van der Waals surface area contributed by atoms with Crippen LogP contribution in [0.2, 0.25) is 0 Å². The van der Waals surface area contributed by atoms with Crippen molar-refractivity contribution in [3.63, 3.8) is 0 Å². The molecule has 0 amide bonds. The van der Waals surface area contributed by atoms with Crippen molar-refractivity contribution in [3.05, 3.63) is 58.7 Å². The Hall–Kier alpha value is -3.26. The molecule has 0 bridgehead atoms. The third kappa shape index (κ3) is 3.11. The molecule has 0 fully saturated rings. The number of nitrogens with two attached hydrogens (primary N) is 1. The first-order chi connectivity index (χ1) is 13.6. The van der Waals surface area contributed by atoms with E-state index in [1.807, 2.05) is 18.2 Å². The lowest BCUT2D eigenvalue weighted by atomic mass is 10.1. The van der Waals surface area contributed by atoms with Gasteiger partial charge in [-0.25, -0.2) is 4.98 Å². The SMILES string of the molecule is CCCCc1ccc2c(N)c(C(=O)c3c([O-])on[n+]3-c3ccccc3)sc2n1. The minimum atomic E-state index is -0.803. The summed E-state index contributed by atoms with van der Waals surface area (Å²) in [5.41, 5.74) is 7.87. The van der Waals surface area contributed by atoms with Crippen LogP contribution in [0, 0.1) is 0 Å². The molecule has 0 atom stereocenters. The molecule has 1 aromatic carbocycles. The van der Waals surface area contributed by atoms with Gasteiger partial charge in [0.15, 0.2) is 5.95 Å². The summed E-state index contributed by atoms with van der Waals surface area (Å²) in [5.74, 6) is -1.33. The summed E-state index contributed by atoms with van der Waals surface area (Å²) in [6, 6.07) is 12.7. The molecule has 0 aliphatic rings. The summed E-state index contributed by atoms with van der Waals surface area (Å²) >= 11 is 1.18. The van der Waals surface area contributed by atoms with Crippen LogP contribution in [0.4, 0.5) is 5.69 Å². The number of ketones is 1. The maximum atomic E-state index is 13.2. The fourth-order valence-electron chi connectivity index (χ4n) is 2.99. The van der Waals surface area contributed by atoms with Crippen molar-refractivity contribution < 1.29 is 19.1 Å². The number of benzene rings is 1.